The van der Waals surface area contributed by atoms with Crippen molar-refractivity contribution in [2.45, 2.75) is 26.4 Å². The number of hydrogen-bond donors (Lipinski definition) is 1. The summed E-state index contributed by atoms with van der Waals surface area (Å²) < 4.78 is 10.9. The van der Waals surface area contributed by atoms with Crippen molar-refractivity contribution in [2.24, 2.45) is 0 Å². The summed E-state index contributed by atoms with van der Waals surface area (Å²) in [5.74, 6) is 0.663. The summed E-state index contributed by atoms with van der Waals surface area (Å²) in [6, 6.07) is 3.79. The number of aromatic nitrogens is 1. The van der Waals surface area contributed by atoms with Crippen LogP contribution < -0.4 is 0 Å². The van der Waals surface area contributed by atoms with Crippen LogP contribution >= 0.6 is 0 Å². The maximum absolute atomic E-state index is 5.62. The third kappa shape index (κ3) is 1.91. The van der Waals surface area contributed by atoms with Crippen LogP contribution in [0.4, 0.5) is 0 Å². The van der Waals surface area contributed by atoms with Gasteiger partial charge in [-0.25, -0.2) is 0 Å². The van der Waals surface area contributed by atoms with Gasteiger partial charge in [0.15, 0.2) is 5.58 Å². The molecule has 3 heteroatoms. The molecule has 0 aliphatic heterocycles. The second-order valence-corrected chi connectivity index (χ2v) is 3.64. The number of fused-ring (bicyclic) bond motifs is 1. The summed E-state index contributed by atoms with van der Waals surface area (Å²) in [5.41, 5.74) is 2.68. The van der Waals surface area contributed by atoms with E-state index in [0.717, 1.165) is 23.2 Å². The molecule has 1 atom stereocenters. The van der Waals surface area contributed by atoms with E-state index in [1.807, 2.05) is 19.1 Å². The van der Waals surface area contributed by atoms with Gasteiger partial charge in [-0.2, -0.15) is 0 Å². The van der Waals surface area contributed by atoms with Crippen molar-refractivity contribution in [2.75, 3.05) is 0 Å². The zero-order valence-electron chi connectivity index (χ0n) is 9.04. The highest BCUT2D eigenvalue weighted by Crippen LogP contribution is 2.22. The first-order valence-electron chi connectivity index (χ1n) is 5.13. The molecule has 80 valence electrons. The van der Waals surface area contributed by atoms with E-state index in [-0.39, 0.29) is 6.10 Å². The van der Waals surface area contributed by atoms with Gasteiger partial charge in [-0.3, -0.25) is 0 Å². The Bertz CT molecular complexity index is 438. The molecule has 0 radical (unpaired) electrons. The van der Waals surface area contributed by atoms with Gasteiger partial charge in [0.2, 0.25) is 0 Å². The van der Waals surface area contributed by atoms with Gasteiger partial charge in [0.1, 0.15) is 5.76 Å². The van der Waals surface area contributed by atoms with E-state index in [0.29, 0.717) is 5.76 Å². The Kier molecular flexibility index (Phi) is 2.54. The van der Waals surface area contributed by atoms with Crippen LogP contribution in [-0.4, -0.2) is 11.1 Å². The predicted molar refractivity (Wildman–Crippen MR) is 60.4 cm³/mol. The molecule has 0 fully saturated rings. The van der Waals surface area contributed by atoms with E-state index in [9.17, 15) is 0 Å². The summed E-state index contributed by atoms with van der Waals surface area (Å²) in [4.78, 5) is 3.19. The van der Waals surface area contributed by atoms with Crippen molar-refractivity contribution in [1.29, 1.82) is 0 Å². The molecule has 0 aromatic carbocycles. The summed E-state index contributed by atoms with van der Waals surface area (Å²) in [6.45, 7) is 8.00. The van der Waals surface area contributed by atoms with Gasteiger partial charge in [0.05, 0.1) is 23.6 Å². The number of ether oxygens (including phenoxy) is 1. The van der Waals surface area contributed by atoms with Crippen LogP contribution in [0.3, 0.4) is 0 Å². The van der Waals surface area contributed by atoms with Crippen molar-refractivity contribution in [3.8, 4) is 0 Å². The van der Waals surface area contributed by atoms with Gasteiger partial charge in [-0.15, -0.1) is 0 Å². The first-order chi connectivity index (χ1) is 7.20. The lowest BCUT2D eigenvalue weighted by atomic mass is 10.3. The molecule has 0 aliphatic carbocycles. The summed E-state index contributed by atoms with van der Waals surface area (Å²) in [6.07, 6.45) is 2.81. The van der Waals surface area contributed by atoms with E-state index in [4.69, 9.17) is 9.15 Å². The monoisotopic (exact) mass is 205 g/mol. The van der Waals surface area contributed by atoms with Crippen LogP contribution in [-0.2, 0) is 4.74 Å². The number of rotatable bonds is 4. The van der Waals surface area contributed by atoms with E-state index in [1.165, 1.54) is 0 Å². The minimum absolute atomic E-state index is 0.187. The van der Waals surface area contributed by atoms with E-state index in [1.54, 1.807) is 6.26 Å². The Hall–Kier alpha value is -1.64. The highest BCUT2D eigenvalue weighted by Gasteiger charge is 2.09. The third-order valence-corrected chi connectivity index (χ3v) is 2.46. The first kappa shape index (κ1) is 9.90. The molecule has 0 aliphatic rings. The Morgan fingerprint density at radius 1 is 1.67 bits per heavy atom. The quantitative estimate of drug-likeness (QED) is 0.775. The normalized spacial score (nSPS) is 12.9. The molecule has 2 heterocycles. The molecule has 1 N–H and O–H groups in total. The van der Waals surface area contributed by atoms with E-state index >= 15 is 0 Å². The second kappa shape index (κ2) is 3.85. The summed E-state index contributed by atoms with van der Waals surface area (Å²) >= 11 is 0. The Balaban J connectivity index is 2.17. The zero-order valence-corrected chi connectivity index (χ0v) is 9.04. The van der Waals surface area contributed by atoms with Gasteiger partial charge < -0.3 is 14.1 Å². The van der Waals surface area contributed by atoms with Crippen molar-refractivity contribution in [3.63, 3.8) is 0 Å². The van der Waals surface area contributed by atoms with Crippen molar-refractivity contribution in [1.82, 2.24) is 4.98 Å². The highest BCUT2D eigenvalue weighted by atomic mass is 16.5. The fourth-order valence-corrected chi connectivity index (χ4v) is 1.39. The molecule has 2 rings (SSSR count). The van der Waals surface area contributed by atoms with Crippen LogP contribution in [0, 0.1) is 0 Å². The minimum Gasteiger partial charge on any atom is -0.489 e. The number of hydrogen-bond acceptors (Lipinski definition) is 2. The molecule has 2 aromatic heterocycles. The van der Waals surface area contributed by atoms with Crippen molar-refractivity contribution >= 4 is 16.9 Å². The maximum Gasteiger partial charge on any atom is 0.152 e. The number of H-pyrrole nitrogens is 1. The molecular formula is C12H15NO2. The average molecular weight is 205 g/mol. The van der Waals surface area contributed by atoms with Crippen LogP contribution in [0.25, 0.3) is 16.9 Å². The lowest BCUT2D eigenvalue weighted by molar-refractivity contribution is 0.181. The standard InChI is InChI=1S/C12H15NO2/c1-4-8(2)15-9(3)11-7-12-10(13-11)5-6-14-12/h5-8,13H,3-4H2,1-2H3. The SMILES string of the molecule is C=C(OC(C)CC)c1cc2occc2[nH]1. The molecule has 0 saturated heterocycles. The fourth-order valence-electron chi connectivity index (χ4n) is 1.39. The topological polar surface area (TPSA) is 38.2 Å². The Morgan fingerprint density at radius 3 is 3.13 bits per heavy atom. The summed E-state index contributed by atoms with van der Waals surface area (Å²) in [5, 5.41) is 0. The minimum atomic E-state index is 0.187. The van der Waals surface area contributed by atoms with Crippen LogP contribution in [0.15, 0.2) is 29.4 Å². The van der Waals surface area contributed by atoms with Crippen molar-refractivity contribution < 1.29 is 9.15 Å². The third-order valence-electron chi connectivity index (χ3n) is 2.46. The zero-order chi connectivity index (χ0) is 10.8. The fraction of sp³-hybridized carbons (Fsp3) is 0.333. The number of furan rings is 1. The van der Waals surface area contributed by atoms with Gasteiger partial charge in [0.25, 0.3) is 0 Å². The van der Waals surface area contributed by atoms with Gasteiger partial charge in [0, 0.05) is 12.1 Å². The lowest BCUT2D eigenvalue weighted by Gasteiger charge is -2.13. The molecule has 0 bridgehead atoms. The van der Waals surface area contributed by atoms with Gasteiger partial charge in [-0.1, -0.05) is 13.5 Å². The first-order valence-corrected chi connectivity index (χ1v) is 5.13. The van der Waals surface area contributed by atoms with Crippen LogP contribution in [0.1, 0.15) is 26.0 Å². The summed E-state index contributed by atoms with van der Waals surface area (Å²) in [7, 11) is 0. The molecule has 15 heavy (non-hydrogen) atoms. The Morgan fingerprint density at radius 2 is 2.47 bits per heavy atom. The maximum atomic E-state index is 5.62. The Labute approximate surface area is 88.7 Å². The number of nitrogens with one attached hydrogen (secondary N) is 1. The molecule has 1 unspecified atom stereocenters. The van der Waals surface area contributed by atoms with Crippen LogP contribution in [0.5, 0.6) is 0 Å². The number of aromatic amines is 1. The predicted octanol–water partition coefficient (Wildman–Crippen LogP) is 3.55. The average Bonchev–Trinajstić information content (AvgIpc) is 2.76. The highest BCUT2D eigenvalue weighted by molar-refractivity contribution is 5.78. The van der Waals surface area contributed by atoms with E-state index in [2.05, 4.69) is 18.5 Å². The molecule has 3 nitrogen and oxygen atoms in total. The van der Waals surface area contributed by atoms with Gasteiger partial charge in [-0.05, 0) is 13.3 Å². The van der Waals surface area contributed by atoms with Gasteiger partial charge >= 0.3 is 0 Å². The van der Waals surface area contributed by atoms with Crippen LogP contribution in [0.2, 0.25) is 0 Å². The molecule has 0 amide bonds. The van der Waals surface area contributed by atoms with E-state index < -0.39 is 0 Å². The molecular weight excluding hydrogens is 190 g/mol. The largest absolute Gasteiger partial charge is 0.489 e. The van der Waals surface area contributed by atoms with Crippen molar-refractivity contribution in [3.05, 3.63) is 30.7 Å². The molecule has 0 spiro atoms. The second-order valence-electron chi connectivity index (χ2n) is 3.64. The molecule has 0 saturated carbocycles. The molecule has 2 aromatic rings. The lowest BCUT2D eigenvalue weighted by Crippen LogP contribution is -2.04. The smallest absolute Gasteiger partial charge is 0.152 e.